The Hall–Kier alpha value is -3.17. The van der Waals surface area contributed by atoms with Crippen LogP contribution >= 0.6 is 23.6 Å². The van der Waals surface area contributed by atoms with Gasteiger partial charge in [0, 0.05) is 11.5 Å². The number of carbonyl (C=O) groups is 1. The number of aromatic nitrogens is 1. The monoisotopic (exact) mass is 413 g/mol. The average Bonchev–Trinajstić information content (AvgIpc) is 3.30. The second-order valence-electron chi connectivity index (χ2n) is 5.75. The van der Waals surface area contributed by atoms with E-state index in [2.05, 4.69) is 15.6 Å². The van der Waals surface area contributed by atoms with Gasteiger partial charge in [-0.25, -0.2) is 4.98 Å². The van der Waals surface area contributed by atoms with Crippen LogP contribution in [0, 0.1) is 0 Å². The number of nitrogens with zero attached hydrogens (tertiary/aromatic N) is 1. The Labute approximate surface area is 169 Å². The summed E-state index contributed by atoms with van der Waals surface area (Å²) in [5.41, 5.74) is 1.32. The second-order valence-corrected chi connectivity index (χ2v) is 7.19. The minimum Gasteiger partial charge on any atom is -0.497 e. The molecule has 28 heavy (non-hydrogen) atoms. The van der Waals surface area contributed by atoms with E-state index in [9.17, 15) is 4.79 Å². The predicted octanol–water partition coefficient (Wildman–Crippen LogP) is 4.19. The van der Waals surface area contributed by atoms with Crippen LogP contribution < -0.4 is 20.1 Å². The quantitative estimate of drug-likeness (QED) is 0.485. The van der Waals surface area contributed by atoms with Crippen molar-refractivity contribution in [3.8, 4) is 11.5 Å². The molecule has 0 bridgehead atoms. The standard InChI is InChI=1S/C19H15N3O4S2/c1-24-11-8-13(25-2)16-15(9-11)28-19(20-16)22-18(27)21-17(23)14-7-10-5-3-4-6-12(10)26-14/h3-9H,1-2H3,(H2,20,21,22,23,27). The lowest BCUT2D eigenvalue weighted by Gasteiger charge is -2.05. The van der Waals surface area contributed by atoms with Crippen LogP contribution in [0.3, 0.4) is 0 Å². The van der Waals surface area contributed by atoms with Crippen LogP contribution in [0.1, 0.15) is 10.6 Å². The molecule has 2 heterocycles. The number of thiocarbonyl (C=S) groups is 1. The molecule has 0 aliphatic carbocycles. The van der Waals surface area contributed by atoms with Crippen molar-refractivity contribution in [1.29, 1.82) is 0 Å². The SMILES string of the molecule is COc1cc(OC)c2nc(NC(=S)NC(=O)c3cc4ccccc4o3)sc2c1. The van der Waals surface area contributed by atoms with Gasteiger partial charge in [0.15, 0.2) is 16.0 Å². The van der Waals surface area contributed by atoms with Crippen LogP contribution in [-0.4, -0.2) is 30.2 Å². The molecule has 2 aromatic carbocycles. The summed E-state index contributed by atoms with van der Waals surface area (Å²) in [5.74, 6) is 1.01. The molecule has 2 N–H and O–H groups in total. The first-order chi connectivity index (χ1) is 13.6. The van der Waals surface area contributed by atoms with E-state index in [4.69, 9.17) is 26.1 Å². The van der Waals surface area contributed by atoms with Gasteiger partial charge < -0.3 is 19.2 Å². The third-order valence-corrected chi connectivity index (χ3v) is 5.11. The van der Waals surface area contributed by atoms with E-state index in [1.165, 1.54) is 11.3 Å². The molecule has 142 valence electrons. The Morgan fingerprint density at radius 1 is 1.18 bits per heavy atom. The maximum atomic E-state index is 12.4. The van der Waals surface area contributed by atoms with Crippen molar-refractivity contribution in [3.05, 3.63) is 48.2 Å². The van der Waals surface area contributed by atoms with E-state index in [-0.39, 0.29) is 10.9 Å². The number of furan rings is 1. The lowest BCUT2D eigenvalue weighted by Crippen LogP contribution is -2.33. The first kappa shape index (κ1) is 18.2. The lowest BCUT2D eigenvalue weighted by atomic mass is 10.2. The van der Waals surface area contributed by atoms with Gasteiger partial charge in [-0.15, -0.1) is 0 Å². The summed E-state index contributed by atoms with van der Waals surface area (Å²) in [6, 6.07) is 12.7. The smallest absolute Gasteiger partial charge is 0.293 e. The summed E-state index contributed by atoms with van der Waals surface area (Å²) in [6.07, 6.45) is 0. The lowest BCUT2D eigenvalue weighted by molar-refractivity contribution is 0.0953. The molecule has 4 rings (SSSR count). The summed E-state index contributed by atoms with van der Waals surface area (Å²) in [7, 11) is 3.16. The van der Waals surface area contributed by atoms with E-state index >= 15 is 0 Å². The molecule has 9 heteroatoms. The summed E-state index contributed by atoms with van der Waals surface area (Å²) >= 11 is 6.60. The summed E-state index contributed by atoms with van der Waals surface area (Å²) < 4.78 is 17.0. The number of fused-ring (bicyclic) bond motifs is 2. The second kappa shape index (κ2) is 7.45. The number of para-hydroxylation sites is 1. The fourth-order valence-corrected chi connectivity index (χ4v) is 3.86. The third-order valence-electron chi connectivity index (χ3n) is 3.99. The highest BCUT2D eigenvalue weighted by atomic mass is 32.1. The molecule has 0 radical (unpaired) electrons. The fourth-order valence-electron chi connectivity index (χ4n) is 2.69. The van der Waals surface area contributed by atoms with Crippen LogP contribution in [0.15, 0.2) is 46.9 Å². The van der Waals surface area contributed by atoms with Gasteiger partial charge in [0.2, 0.25) is 0 Å². The Balaban J connectivity index is 1.50. The molecule has 7 nitrogen and oxygen atoms in total. The zero-order valence-corrected chi connectivity index (χ0v) is 16.6. The number of thiazole rings is 1. The molecular weight excluding hydrogens is 398 g/mol. The zero-order chi connectivity index (χ0) is 19.7. The van der Waals surface area contributed by atoms with Gasteiger partial charge in [0.1, 0.15) is 22.6 Å². The molecule has 0 saturated carbocycles. The predicted molar refractivity (Wildman–Crippen MR) is 113 cm³/mol. The first-order valence-corrected chi connectivity index (χ1v) is 9.43. The summed E-state index contributed by atoms with van der Waals surface area (Å²) in [4.78, 5) is 16.9. The number of benzene rings is 2. The van der Waals surface area contributed by atoms with E-state index in [0.29, 0.717) is 27.7 Å². The number of rotatable bonds is 4. The molecule has 0 fully saturated rings. The van der Waals surface area contributed by atoms with Crippen molar-refractivity contribution < 1.29 is 18.7 Å². The third kappa shape index (κ3) is 3.49. The van der Waals surface area contributed by atoms with Gasteiger partial charge in [-0.05, 0) is 30.4 Å². The molecule has 0 atom stereocenters. The van der Waals surface area contributed by atoms with Crippen molar-refractivity contribution >= 4 is 60.9 Å². The van der Waals surface area contributed by atoms with Crippen molar-refractivity contribution in [2.45, 2.75) is 0 Å². The topological polar surface area (TPSA) is 85.6 Å². The Bertz CT molecular complexity index is 1170. The number of amides is 1. The molecule has 0 spiro atoms. The van der Waals surface area contributed by atoms with Crippen LogP contribution in [0.2, 0.25) is 0 Å². The zero-order valence-electron chi connectivity index (χ0n) is 14.9. The molecule has 0 unspecified atom stereocenters. The van der Waals surface area contributed by atoms with Crippen LogP contribution in [-0.2, 0) is 0 Å². The van der Waals surface area contributed by atoms with Gasteiger partial charge in [0.05, 0.1) is 18.9 Å². The van der Waals surface area contributed by atoms with Gasteiger partial charge in [-0.2, -0.15) is 0 Å². The number of carbonyl (C=O) groups excluding carboxylic acids is 1. The summed E-state index contributed by atoms with van der Waals surface area (Å²) in [6.45, 7) is 0. The molecule has 2 aromatic heterocycles. The van der Waals surface area contributed by atoms with Gasteiger partial charge in [0.25, 0.3) is 5.91 Å². The number of anilines is 1. The number of methoxy groups -OCH3 is 2. The molecule has 1 amide bonds. The normalized spacial score (nSPS) is 10.8. The highest BCUT2D eigenvalue weighted by Crippen LogP contribution is 2.36. The minimum absolute atomic E-state index is 0.121. The fraction of sp³-hybridized carbons (Fsp3) is 0.105. The van der Waals surface area contributed by atoms with Gasteiger partial charge in [-0.1, -0.05) is 29.5 Å². The highest BCUT2D eigenvalue weighted by Gasteiger charge is 2.16. The largest absolute Gasteiger partial charge is 0.497 e. The van der Waals surface area contributed by atoms with Crippen LogP contribution in [0.25, 0.3) is 21.2 Å². The minimum atomic E-state index is -0.436. The Kier molecular flexibility index (Phi) is 4.84. The van der Waals surface area contributed by atoms with Crippen LogP contribution in [0.5, 0.6) is 11.5 Å². The first-order valence-electron chi connectivity index (χ1n) is 8.21. The Morgan fingerprint density at radius 3 is 2.75 bits per heavy atom. The molecule has 0 aliphatic heterocycles. The maximum absolute atomic E-state index is 12.4. The van der Waals surface area contributed by atoms with E-state index in [1.807, 2.05) is 24.3 Å². The van der Waals surface area contributed by atoms with E-state index < -0.39 is 5.91 Å². The Morgan fingerprint density at radius 2 is 2.00 bits per heavy atom. The number of hydrogen-bond donors (Lipinski definition) is 2. The summed E-state index contributed by atoms with van der Waals surface area (Å²) in [5, 5.41) is 7.01. The van der Waals surface area contributed by atoms with E-state index in [1.54, 1.807) is 32.4 Å². The van der Waals surface area contributed by atoms with Gasteiger partial charge in [-0.3, -0.25) is 10.1 Å². The highest BCUT2D eigenvalue weighted by molar-refractivity contribution is 7.80. The number of hydrogen-bond acceptors (Lipinski definition) is 7. The molecule has 0 aliphatic rings. The van der Waals surface area contributed by atoms with Crippen molar-refractivity contribution in [2.75, 3.05) is 19.5 Å². The van der Waals surface area contributed by atoms with E-state index in [0.717, 1.165) is 10.1 Å². The maximum Gasteiger partial charge on any atom is 0.293 e. The van der Waals surface area contributed by atoms with Gasteiger partial charge >= 0.3 is 0 Å². The van der Waals surface area contributed by atoms with Crippen molar-refractivity contribution in [2.24, 2.45) is 0 Å². The molecular formula is C19H15N3O4S2. The molecule has 0 saturated heterocycles. The molecule has 4 aromatic rings. The van der Waals surface area contributed by atoms with Crippen LogP contribution in [0.4, 0.5) is 5.13 Å². The van der Waals surface area contributed by atoms with Crippen molar-refractivity contribution in [3.63, 3.8) is 0 Å². The average molecular weight is 413 g/mol. The number of ether oxygens (including phenoxy) is 2. The number of nitrogens with one attached hydrogen (secondary N) is 2. The van der Waals surface area contributed by atoms with Crippen molar-refractivity contribution in [1.82, 2.24) is 10.3 Å².